The first-order chi connectivity index (χ1) is 25.3. The predicted octanol–water partition coefficient (Wildman–Crippen LogP) is 3.99. The van der Waals surface area contributed by atoms with E-state index in [9.17, 15) is 19.2 Å². The lowest BCUT2D eigenvalue weighted by Gasteiger charge is -2.33. The molecular formula is C40H80N8O4. The number of hydrogen-bond acceptors (Lipinski definition) is 8. The minimum Gasteiger partial charge on any atom is -0.355 e. The molecule has 0 aromatic rings. The molecule has 4 amide bonds. The van der Waals surface area contributed by atoms with Gasteiger partial charge in [0.25, 0.3) is 0 Å². The minimum absolute atomic E-state index is 0.0169. The molecule has 0 aliphatic carbocycles. The van der Waals surface area contributed by atoms with Gasteiger partial charge < -0.3 is 21.3 Å². The summed E-state index contributed by atoms with van der Waals surface area (Å²) in [5.41, 5.74) is 0. The summed E-state index contributed by atoms with van der Waals surface area (Å²) < 4.78 is 0. The van der Waals surface area contributed by atoms with Crippen LogP contribution in [-0.4, -0.2) is 148 Å². The molecule has 1 aliphatic rings. The van der Waals surface area contributed by atoms with Crippen molar-refractivity contribution in [2.24, 2.45) is 0 Å². The lowest BCUT2D eigenvalue weighted by molar-refractivity contribution is -0.125. The molecule has 52 heavy (non-hydrogen) atoms. The van der Waals surface area contributed by atoms with Crippen LogP contribution in [-0.2, 0) is 19.2 Å². The molecule has 1 aliphatic heterocycles. The number of nitrogens with one attached hydrogen (secondary N) is 4. The van der Waals surface area contributed by atoms with E-state index in [0.717, 1.165) is 77.0 Å². The van der Waals surface area contributed by atoms with Gasteiger partial charge in [-0.2, -0.15) is 0 Å². The normalized spacial score (nSPS) is 15.8. The van der Waals surface area contributed by atoms with E-state index in [4.69, 9.17) is 0 Å². The van der Waals surface area contributed by atoms with Crippen molar-refractivity contribution >= 4 is 23.6 Å². The third kappa shape index (κ3) is 27.3. The first-order valence-corrected chi connectivity index (χ1v) is 21.3. The fourth-order valence-electron chi connectivity index (χ4n) is 6.37. The number of rotatable bonds is 28. The van der Waals surface area contributed by atoms with Crippen molar-refractivity contribution in [3.05, 3.63) is 0 Å². The molecule has 0 atom stereocenters. The Labute approximate surface area is 318 Å². The van der Waals surface area contributed by atoms with Gasteiger partial charge in [-0.25, -0.2) is 0 Å². The molecule has 4 N–H and O–H groups in total. The highest BCUT2D eigenvalue weighted by Crippen LogP contribution is 2.04. The molecule has 0 bridgehead atoms. The zero-order chi connectivity index (χ0) is 38.1. The van der Waals surface area contributed by atoms with E-state index in [1.54, 1.807) is 0 Å². The number of amides is 4. The topological polar surface area (TPSA) is 129 Å². The van der Waals surface area contributed by atoms with Crippen LogP contribution in [0.4, 0.5) is 0 Å². The van der Waals surface area contributed by atoms with Gasteiger partial charge in [0.2, 0.25) is 23.6 Å². The van der Waals surface area contributed by atoms with Crippen LogP contribution in [0.1, 0.15) is 130 Å². The van der Waals surface area contributed by atoms with Gasteiger partial charge in [0.05, 0.1) is 26.2 Å². The Bertz CT molecular complexity index is 764. The maximum absolute atomic E-state index is 13.0. The van der Waals surface area contributed by atoms with E-state index in [1.165, 1.54) is 25.7 Å². The van der Waals surface area contributed by atoms with Gasteiger partial charge in [-0.1, -0.05) is 105 Å². The van der Waals surface area contributed by atoms with Crippen molar-refractivity contribution in [2.75, 3.05) is 105 Å². The Kier molecular flexibility index (Phi) is 30.6. The lowest BCUT2D eigenvalue weighted by Crippen LogP contribution is -2.51. The van der Waals surface area contributed by atoms with E-state index in [0.29, 0.717) is 78.5 Å². The van der Waals surface area contributed by atoms with Crippen molar-refractivity contribution in [3.8, 4) is 0 Å². The quantitative estimate of drug-likeness (QED) is 0.0889. The Hall–Kier alpha value is -2.28. The molecule has 0 aromatic heterocycles. The first-order valence-electron chi connectivity index (χ1n) is 21.3. The highest BCUT2D eigenvalue weighted by Gasteiger charge is 2.21. The molecule has 0 unspecified atom stereocenters. The molecule has 1 heterocycles. The molecule has 1 rings (SSSR count). The predicted molar refractivity (Wildman–Crippen MR) is 214 cm³/mol. The van der Waals surface area contributed by atoms with Crippen LogP contribution in [0.25, 0.3) is 0 Å². The maximum atomic E-state index is 13.0. The summed E-state index contributed by atoms with van der Waals surface area (Å²) in [6.07, 6.45) is 17.7. The van der Waals surface area contributed by atoms with Crippen LogP contribution in [0.3, 0.4) is 0 Å². The van der Waals surface area contributed by atoms with Crippen molar-refractivity contribution in [1.82, 2.24) is 40.9 Å². The minimum atomic E-state index is 0.0169. The van der Waals surface area contributed by atoms with Crippen molar-refractivity contribution in [3.63, 3.8) is 0 Å². The van der Waals surface area contributed by atoms with E-state index in [1.807, 2.05) is 0 Å². The molecule has 1 fully saturated rings. The molecule has 304 valence electrons. The van der Waals surface area contributed by atoms with Crippen molar-refractivity contribution in [2.45, 2.75) is 130 Å². The average molecular weight is 737 g/mol. The van der Waals surface area contributed by atoms with Crippen LogP contribution >= 0.6 is 0 Å². The fourth-order valence-corrected chi connectivity index (χ4v) is 6.37. The zero-order valence-electron chi connectivity index (χ0n) is 34.0. The summed E-state index contributed by atoms with van der Waals surface area (Å²) in [6.45, 7) is 17.6. The molecule has 12 heteroatoms. The highest BCUT2D eigenvalue weighted by molar-refractivity contribution is 5.79. The molecule has 0 spiro atoms. The summed E-state index contributed by atoms with van der Waals surface area (Å²) in [7, 11) is 0. The summed E-state index contributed by atoms with van der Waals surface area (Å²) in [5.74, 6) is 0.0675. The van der Waals surface area contributed by atoms with Crippen molar-refractivity contribution < 1.29 is 19.2 Å². The van der Waals surface area contributed by atoms with Gasteiger partial charge in [0.1, 0.15) is 0 Å². The third-order valence-electron chi connectivity index (χ3n) is 9.81. The van der Waals surface area contributed by atoms with Crippen LogP contribution < -0.4 is 21.3 Å². The zero-order valence-corrected chi connectivity index (χ0v) is 34.0. The van der Waals surface area contributed by atoms with Gasteiger partial charge in [-0.05, 0) is 25.7 Å². The Morgan fingerprint density at radius 1 is 0.327 bits per heavy atom. The van der Waals surface area contributed by atoms with Crippen LogP contribution in [0.2, 0.25) is 0 Å². The second-order valence-electron chi connectivity index (χ2n) is 14.7. The Morgan fingerprint density at radius 3 is 0.692 bits per heavy atom. The van der Waals surface area contributed by atoms with E-state index in [2.05, 4.69) is 68.6 Å². The van der Waals surface area contributed by atoms with E-state index >= 15 is 0 Å². The third-order valence-corrected chi connectivity index (χ3v) is 9.81. The van der Waals surface area contributed by atoms with Gasteiger partial charge >= 0.3 is 0 Å². The molecule has 1 saturated heterocycles. The summed E-state index contributed by atoms with van der Waals surface area (Å²) in [6, 6.07) is 0. The lowest BCUT2D eigenvalue weighted by atomic mass is 10.2. The molecule has 12 nitrogen and oxygen atoms in total. The van der Waals surface area contributed by atoms with Gasteiger partial charge in [-0.15, -0.1) is 0 Å². The van der Waals surface area contributed by atoms with Gasteiger partial charge in [-0.3, -0.25) is 38.8 Å². The number of nitrogens with zero attached hydrogens (tertiary/aromatic N) is 4. The van der Waals surface area contributed by atoms with Crippen LogP contribution in [0, 0.1) is 0 Å². The van der Waals surface area contributed by atoms with E-state index < -0.39 is 0 Å². The Balaban J connectivity index is 3.04. The standard InChI is InChI=1S/C40H80N8O4/c1-5-9-13-17-21-41-37(49)33-45-25-27-46(34-38(50)42-22-18-14-10-6-2)29-31-48(36-40(52)44-24-20-16-12-8-4)32-30-47(28-26-45)35-39(51)43-23-19-15-11-7-3/h5-36H2,1-4H3,(H,41,49)(H,42,50)(H,43,51)(H,44,52). The van der Waals surface area contributed by atoms with Gasteiger partial charge in [0, 0.05) is 78.5 Å². The molecule has 0 saturated carbocycles. The fraction of sp³-hybridized carbons (Fsp3) is 0.900. The first kappa shape index (κ1) is 47.7. The highest BCUT2D eigenvalue weighted by atomic mass is 16.2. The number of hydrogen-bond donors (Lipinski definition) is 4. The molecule has 0 radical (unpaired) electrons. The second-order valence-corrected chi connectivity index (χ2v) is 14.7. The Morgan fingerprint density at radius 2 is 0.519 bits per heavy atom. The van der Waals surface area contributed by atoms with E-state index in [-0.39, 0.29) is 49.8 Å². The summed E-state index contributed by atoms with van der Waals surface area (Å²) >= 11 is 0. The second kappa shape index (κ2) is 33.3. The van der Waals surface area contributed by atoms with Crippen LogP contribution in [0.15, 0.2) is 0 Å². The number of carbonyl (C=O) groups excluding carboxylic acids is 4. The number of unbranched alkanes of at least 4 members (excludes halogenated alkanes) is 12. The maximum Gasteiger partial charge on any atom is 0.234 e. The van der Waals surface area contributed by atoms with Crippen LogP contribution in [0.5, 0.6) is 0 Å². The molecular weight excluding hydrogens is 656 g/mol. The molecule has 0 aromatic carbocycles. The number of carbonyl (C=O) groups is 4. The average Bonchev–Trinajstić information content (AvgIpc) is 3.12. The monoisotopic (exact) mass is 737 g/mol. The van der Waals surface area contributed by atoms with Crippen molar-refractivity contribution in [1.29, 1.82) is 0 Å². The summed E-state index contributed by atoms with van der Waals surface area (Å²) in [4.78, 5) is 60.8. The SMILES string of the molecule is CCCCCCNC(=O)CN1CCN(CC(=O)NCCCCCC)CCN(CC(=O)NCCCCCC)CCN(CC(=O)NCCCCCC)CC1. The van der Waals surface area contributed by atoms with Gasteiger partial charge in [0.15, 0.2) is 0 Å². The summed E-state index contributed by atoms with van der Waals surface area (Å²) in [5, 5.41) is 12.4. The largest absolute Gasteiger partial charge is 0.355 e. The smallest absolute Gasteiger partial charge is 0.234 e.